The second-order valence-electron chi connectivity index (χ2n) is 10.2. The van der Waals surface area contributed by atoms with Crippen LogP contribution in [0.2, 0.25) is 0 Å². The molecule has 0 heterocycles. The Morgan fingerprint density at radius 2 is 0.600 bits per heavy atom. The van der Waals surface area contributed by atoms with Crippen molar-refractivity contribution >= 4 is 17.9 Å². The highest BCUT2D eigenvalue weighted by Gasteiger charge is 2.29. The third-order valence-corrected chi connectivity index (χ3v) is 9.30. The normalized spacial score (nSPS) is 11.6. The molecule has 0 aliphatic carbocycles. The maximum atomic E-state index is 10.1. The van der Waals surface area contributed by atoms with Crippen LogP contribution in [0.1, 0.15) is 95.9 Å². The van der Waals surface area contributed by atoms with Crippen LogP contribution in [0.15, 0.2) is 0 Å². The number of nitrogens with zero attached hydrogens (tertiary/aromatic N) is 3. The number of carboxylic acid groups (broad SMARTS) is 3. The Kier molecular flexibility index (Phi) is 27.0. The fourth-order valence-electron chi connectivity index (χ4n) is 4.71. The first kappa shape index (κ1) is 45.2. The molecule has 0 aromatic carbocycles. The first-order valence-electron chi connectivity index (χ1n) is 15.4. The summed E-state index contributed by atoms with van der Waals surface area (Å²) in [5.41, 5.74) is -2.97. The minimum absolute atomic E-state index is 1.28. The smallest absolute Gasteiger partial charge is 0.114 e. The fraction of sp³-hybridized carbons (Fsp3) is 0.900. The maximum absolute atomic E-state index is 10.1. The molecule has 0 spiro atoms. The van der Waals surface area contributed by atoms with Gasteiger partial charge in [-0.3, -0.25) is 0 Å². The standard InChI is InChI=1S/3C8H20N.C6H8O7/c3*1-5-9(6-2,7-3)8-4;7-3(8)1-6(13,5(11)12)2-4(9)10/h3*5-8H2,1-4H3;13H,1-2H2,(H,7,8)(H,9,10)(H,11,12)/q3*+1;/p-3. The highest BCUT2D eigenvalue weighted by atomic mass is 16.4. The largest absolute Gasteiger partial charge is 0.550 e. The van der Waals surface area contributed by atoms with E-state index in [9.17, 15) is 29.7 Å². The van der Waals surface area contributed by atoms with Crippen LogP contribution >= 0.6 is 0 Å². The van der Waals surface area contributed by atoms with Gasteiger partial charge in [0.2, 0.25) is 0 Å². The number of carboxylic acids is 3. The highest BCUT2D eigenvalue weighted by molar-refractivity contribution is 5.86. The van der Waals surface area contributed by atoms with Gasteiger partial charge in [-0.2, -0.15) is 0 Å². The van der Waals surface area contributed by atoms with Gasteiger partial charge in [-0.1, -0.05) is 0 Å². The monoisotopic (exact) mass is 579 g/mol. The Labute approximate surface area is 246 Å². The van der Waals surface area contributed by atoms with E-state index in [0.29, 0.717) is 0 Å². The zero-order valence-electron chi connectivity index (χ0n) is 28.1. The van der Waals surface area contributed by atoms with Crippen LogP contribution in [0.5, 0.6) is 0 Å². The van der Waals surface area contributed by atoms with Crippen LogP contribution in [0, 0.1) is 0 Å². The molecule has 0 aromatic rings. The lowest BCUT2D eigenvalue weighted by Gasteiger charge is -2.34. The van der Waals surface area contributed by atoms with Crippen LogP contribution in [-0.4, -0.2) is 121 Å². The zero-order valence-corrected chi connectivity index (χ0v) is 28.1. The molecule has 0 saturated heterocycles. The van der Waals surface area contributed by atoms with E-state index in [2.05, 4.69) is 83.1 Å². The Balaban J connectivity index is -0.000000219. The molecule has 0 atom stereocenters. The van der Waals surface area contributed by atoms with Crippen LogP contribution < -0.4 is 15.3 Å². The van der Waals surface area contributed by atoms with Crippen molar-refractivity contribution in [2.24, 2.45) is 0 Å². The number of rotatable bonds is 17. The molecule has 0 radical (unpaired) electrons. The average molecular weight is 580 g/mol. The van der Waals surface area contributed by atoms with Crippen molar-refractivity contribution in [2.45, 2.75) is 102 Å². The van der Waals surface area contributed by atoms with Crippen molar-refractivity contribution in [3.63, 3.8) is 0 Å². The van der Waals surface area contributed by atoms with Gasteiger partial charge < -0.3 is 48.3 Å². The summed E-state index contributed by atoms with van der Waals surface area (Å²) in [4.78, 5) is 30.0. The Morgan fingerprint density at radius 1 is 0.450 bits per heavy atom. The molecule has 10 nitrogen and oxygen atoms in total. The Hall–Kier alpha value is -1.75. The molecule has 0 saturated carbocycles. The molecule has 0 bridgehead atoms. The van der Waals surface area contributed by atoms with E-state index in [0.717, 1.165) is 0 Å². The molecule has 0 unspecified atom stereocenters. The fourth-order valence-corrected chi connectivity index (χ4v) is 4.71. The third-order valence-electron chi connectivity index (χ3n) is 9.30. The van der Waals surface area contributed by atoms with Crippen LogP contribution in [0.3, 0.4) is 0 Å². The second kappa shape index (κ2) is 23.9. The quantitative estimate of drug-likeness (QED) is 0.246. The van der Waals surface area contributed by atoms with Gasteiger partial charge in [0.15, 0.2) is 0 Å². The molecule has 0 aliphatic heterocycles. The van der Waals surface area contributed by atoms with Crippen LogP contribution in [0.4, 0.5) is 0 Å². The molecule has 0 fully saturated rings. The molecule has 40 heavy (non-hydrogen) atoms. The van der Waals surface area contributed by atoms with E-state index < -0.39 is 36.4 Å². The topological polar surface area (TPSA) is 141 Å². The Morgan fingerprint density at radius 3 is 0.650 bits per heavy atom. The zero-order chi connectivity index (χ0) is 32.6. The molecule has 0 aliphatic rings. The third kappa shape index (κ3) is 17.8. The summed E-state index contributed by atoms with van der Waals surface area (Å²) in [6, 6.07) is 0. The first-order chi connectivity index (χ1) is 18.5. The van der Waals surface area contributed by atoms with E-state index in [-0.39, 0.29) is 0 Å². The van der Waals surface area contributed by atoms with Crippen molar-refractivity contribution in [3.8, 4) is 0 Å². The molecule has 1 N–H and O–H groups in total. The lowest BCUT2D eigenvalue weighted by atomic mass is 9.96. The SMILES string of the molecule is CC[N+](CC)(CC)CC.CC[N+](CC)(CC)CC.CC[N+](CC)(CC)CC.O=C([O-])CC(O)(CC(=O)[O-])C(=O)[O-]. The predicted octanol–water partition coefficient (Wildman–Crippen LogP) is 0.396. The van der Waals surface area contributed by atoms with Crippen LogP contribution in [-0.2, 0) is 14.4 Å². The second-order valence-corrected chi connectivity index (χ2v) is 10.2. The van der Waals surface area contributed by atoms with Gasteiger partial charge >= 0.3 is 0 Å². The summed E-state index contributed by atoms with van der Waals surface area (Å²) in [6.07, 6.45) is -2.72. The van der Waals surface area contributed by atoms with E-state index >= 15 is 0 Å². The van der Waals surface area contributed by atoms with Crippen molar-refractivity contribution in [2.75, 3.05) is 78.5 Å². The van der Waals surface area contributed by atoms with E-state index in [4.69, 9.17) is 5.11 Å². The van der Waals surface area contributed by atoms with Crippen LogP contribution in [0.25, 0.3) is 0 Å². The first-order valence-corrected chi connectivity index (χ1v) is 15.4. The minimum Gasteiger partial charge on any atom is -0.550 e. The van der Waals surface area contributed by atoms with Gasteiger partial charge in [-0.15, -0.1) is 0 Å². The lowest BCUT2D eigenvalue weighted by Crippen LogP contribution is -2.54. The van der Waals surface area contributed by atoms with Crippen molar-refractivity contribution in [3.05, 3.63) is 0 Å². The molecular formula is C30H65N3O7. The van der Waals surface area contributed by atoms with Crippen molar-refractivity contribution in [1.29, 1.82) is 0 Å². The summed E-state index contributed by atoms with van der Waals surface area (Å²) >= 11 is 0. The molecule has 0 aromatic heterocycles. The summed E-state index contributed by atoms with van der Waals surface area (Å²) in [6.45, 7) is 42.7. The van der Waals surface area contributed by atoms with Gasteiger partial charge in [0.1, 0.15) is 5.60 Å². The number of hydrogen-bond acceptors (Lipinski definition) is 7. The van der Waals surface area contributed by atoms with Gasteiger partial charge in [-0.05, 0) is 83.1 Å². The molecular weight excluding hydrogens is 514 g/mol. The van der Waals surface area contributed by atoms with Gasteiger partial charge in [0, 0.05) is 24.8 Å². The summed E-state index contributed by atoms with van der Waals surface area (Å²) in [7, 11) is 0. The molecule has 242 valence electrons. The summed E-state index contributed by atoms with van der Waals surface area (Å²) < 4.78 is 3.83. The number of aliphatic carboxylic acids is 3. The molecule has 0 amide bonds. The van der Waals surface area contributed by atoms with Gasteiger partial charge in [0.25, 0.3) is 0 Å². The van der Waals surface area contributed by atoms with Gasteiger partial charge in [-0.25, -0.2) is 0 Å². The van der Waals surface area contributed by atoms with E-state index in [1.54, 1.807) is 0 Å². The van der Waals surface area contributed by atoms with Crippen molar-refractivity contribution in [1.82, 2.24) is 0 Å². The number of aliphatic hydroxyl groups is 1. The summed E-state index contributed by atoms with van der Waals surface area (Å²) in [5.74, 6) is -5.98. The minimum atomic E-state index is -2.97. The lowest BCUT2D eigenvalue weighted by molar-refractivity contribution is -0.921. The molecule has 0 rings (SSSR count). The summed E-state index contributed by atoms with van der Waals surface area (Å²) in [5, 5.41) is 38.9. The predicted molar refractivity (Wildman–Crippen MR) is 156 cm³/mol. The Bertz CT molecular complexity index is 544. The van der Waals surface area contributed by atoms with E-state index in [1.807, 2.05) is 0 Å². The van der Waals surface area contributed by atoms with E-state index in [1.165, 1.54) is 92.0 Å². The molecule has 10 heteroatoms. The number of carbonyl (C=O) groups excluding carboxylic acids is 3. The number of quaternary nitrogens is 3. The van der Waals surface area contributed by atoms with Crippen molar-refractivity contribution < 1.29 is 48.3 Å². The average Bonchev–Trinajstić information content (AvgIpc) is 2.94. The van der Waals surface area contributed by atoms with Gasteiger partial charge in [0.05, 0.1) is 84.5 Å². The number of carbonyl (C=O) groups is 3. The number of hydrogen-bond donors (Lipinski definition) is 1. The maximum Gasteiger partial charge on any atom is 0.114 e. The highest BCUT2D eigenvalue weighted by Crippen LogP contribution is 2.13.